The van der Waals surface area contributed by atoms with E-state index in [1.165, 1.54) is 41.6 Å². The molecular weight excluding hydrogens is 472 g/mol. The predicted octanol–water partition coefficient (Wildman–Crippen LogP) is 1.06. The fraction of sp³-hybridized carbons (Fsp3) is 0.619. The number of carbonyl (C=O) groups excluding carboxylic acids is 2. The van der Waals surface area contributed by atoms with E-state index in [9.17, 15) is 26.4 Å². The number of carbonyl (C=O) groups is 2. The predicted molar refractivity (Wildman–Crippen MR) is 120 cm³/mol. The standard InChI is InChI=1S/C21H30N2O8S2/c1-22(17-9-12-32(26,27)15-17)20(24)14-31-21(25)16-7-8-18(30-2)19(13-16)33(28,29)23-10-5-3-4-6-11-23/h7-8,13,17H,3-6,9-12,14-15H2,1-2H3. The van der Waals surface area contributed by atoms with Crippen LogP contribution in [-0.4, -0.2) is 89.3 Å². The van der Waals surface area contributed by atoms with Gasteiger partial charge in [-0.3, -0.25) is 4.79 Å². The molecule has 1 aromatic carbocycles. The molecule has 0 aliphatic carbocycles. The van der Waals surface area contributed by atoms with Crippen LogP contribution in [0.25, 0.3) is 0 Å². The lowest BCUT2D eigenvalue weighted by atomic mass is 10.2. The van der Waals surface area contributed by atoms with Crippen LogP contribution in [0.1, 0.15) is 42.5 Å². The third-order valence-corrected chi connectivity index (χ3v) is 9.73. The van der Waals surface area contributed by atoms with Crippen molar-refractivity contribution in [1.29, 1.82) is 0 Å². The highest BCUT2D eigenvalue weighted by Gasteiger charge is 2.33. The molecule has 1 unspecified atom stereocenters. The summed E-state index contributed by atoms with van der Waals surface area (Å²) in [6.07, 6.45) is 3.80. The third kappa shape index (κ3) is 6.04. The molecule has 2 fully saturated rings. The summed E-state index contributed by atoms with van der Waals surface area (Å²) in [5, 5.41) is 0. The maximum Gasteiger partial charge on any atom is 0.338 e. The van der Waals surface area contributed by atoms with Crippen molar-refractivity contribution in [3.05, 3.63) is 23.8 Å². The molecule has 0 bridgehead atoms. The first-order chi connectivity index (χ1) is 15.5. The van der Waals surface area contributed by atoms with Crippen LogP contribution in [-0.2, 0) is 29.4 Å². The van der Waals surface area contributed by atoms with Gasteiger partial charge in [0, 0.05) is 26.2 Å². The van der Waals surface area contributed by atoms with E-state index < -0.39 is 44.4 Å². The van der Waals surface area contributed by atoms with E-state index in [0.29, 0.717) is 19.5 Å². The highest BCUT2D eigenvalue weighted by Crippen LogP contribution is 2.29. The zero-order chi connectivity index (χ0) is 24.2. The molecule has 12 heteroatoms. The van der Waals surface area contributed by atoms with Crippen LogP contribution in [0.5, 0.6) is 5.75 Å². The number of sulfonamides is 1. The Morgan fingerprint density at radius 1 is 1.15 bits per heavy atom. The van der Waals surface area contributed by atoms with Gasteiger partial charge in [-0.15, -0.1) is 0 Å². The minimum Gasteiger partial charge on any atom is -0.495 e. The van der Waals surface area contributed by atoms with Crippen LogP contribution < -0.4 is 4.74 Å². The Morgan fingerprint density at radius 3 is 2.39 bits per heavy atom. The Morgan fingerprint density at radius 2 is 1.82 bits per heavy atom. The Hall–Kier alpha value is -2.18. The summed E-state index contributed by atoms with van der Waals surface area (Å²) >= 11 is 0. The number of ether oxygens (including phenoxy) is 2. The molecule has 33 heavy (non-hydrogen) atoms. The number of hydrogen-bond donors (Lipinski definition) is 0. The second-order valence-electron chi connectivity index (χ2n) is 8.32. The molecule has 2 heterocycles. The van der Waals surface area contributed by atoms with Crippen molar-refractivity contribution in [2.24, 2.45) is 0 Å². The maximum absolute atomic E-state index is 13.2. The molecule has 10 nitrogen and oxygen atoms in total. The minimum absolute atomic E-state index is 0.0230. The van der Waals surface area contributed by atoms with Gasteiger partial charge in [0.05, 0.1) is 24.2 Å². The highest BCUT2D eigenvalue weighted by atomic mass is 32.2. The molecular formula is C21H30N2O8S2. The van der Waals surface area contributed by atoms with Gasteiger partial charge in [0.2, 0.25) is 10.0 Å². The fourth-order valence-corrected chi connectivity index (χ4v) is 7.50. The summed E-state index contributed by atoms with van der Waals surface area (Å²) in [4.78, 5) is 26.1. The quantitative estimate of drug-likeness (QED) is 0.507. The van der Waals surface area contributed by atoms with E-state index >= 15 is 0 Å². The molecule has 1 aromatic rings. The minimum atomic E-state index is -3.88. The summed E-state index contributed by atoms with van der Waals surface area (Å²) in [5.74, 6) is -1.36. The van der Waals surface area contributed by atoms with Crippen LogP contribution in [0, 0.1) is 0 Å². The zero-order valence-corrected chi connectivity index (χ0v) is 20.5. The summed E-state index contributed by atoms with van der Waals surface area (Å²) < 4.78 is 61.5. The Labute approximate surface area is 194 Å². The first-order valence-electron chi connectivity index (χ1n) is 10.9. The van der Waals surface area contributed by atoms with Gasteiger partial charge in [-0.05, 0) is 37.5 Å². The normalized spacial score (nSPS) is 21.2. The molecule has 2 aliphatic rings. The van der Waals surface area contributed by atoms with Crippen molar-refractivity contribution in [2.75, 3.05) is 45.4 Å². The number of nitrogens with zero attached hydrogens (tertiary/aromatic N) is 2. The van der Waals surface area contributed by atoms with Gasteiger partial charge >= 0.3 is 5.97 Å². The van der Waals surface area contributed by atoms with E-state index in [1.54, 1.807) is 0 Å². The molecule has 0 aromatic heterocycles. The summed E-state index contributed by atoms with van der Waals surface area (Å²) in [7, 11) is -4.22. The van der Waals surface area contributed by atoms with Crippen molar-refractivity contribution in [3.8, 4) is 5.75 Å². The second kappa shape index (κ2) is 10.4. The number of hydrogen-bond acceptors (Lipinski definition) is 8. The van der Waals surface area contributed by atoms with Crippen LogP contribution in [0.2, 0.25) is 0 Å². The SMILES string of the molecule is COc1ccc(C(=O)OCC(=O)N(C)C2CCS(=O)(=O)C2)cc1S(=O)(=O)N1CCCCCC1. The van der Waals surface area contributed by atoms with Crippen molar-refractivity contribution in [1.82, 2.24) is 9.21 Å². The largest absolute Gasteiger partial charge is 0.495 e. The molecule has 184 valence electrons. The maximum atomic E-state index is 13.2. The fourth-order valence-electron chi connectivity index (χ4n) is 4.02. The Kier molecular flexibility index (Phi) is 8.01. The number of sulfone groups is 1. The van der Waals surface area contributed by atoms with E-state index in [0.717, 1.165) is 25.7 Å². The monoisotopic (exact) mass is 502 g/mol. The lowest BCUT2D eigenvalue weighted by Gasteiger charge is -2.23. The van der Waals surface area contributed by atoms with E-state index in [4.69, 9.17) is 9.47 Å². The lowest BCUT2D eigenvalue weighted by molar-refractivity contribution is -0.134. The van der Waals surface area contributed by atoms with Gasteiger partial charge < -0.3 is 14.4 Å². The number of likely N-dealkylation sites (N-methyl/N-ethyl adjacent to an activating group) is 1. The number of rotatable bonds is 7. The van der Waals surface area contributed by atoms with Crippen LogP contribution in [0.15, 0.2) is 23.1 Å². The second-order valence-corrected chi connectivity index (χ2v) is 12.5. The molecule has 0 spiro atoms. The van der Waals surface area contributed by atoms with Crippen molar-refractivity contribution >= 4 is 31.7 Å². The number of esters is 1. The Bertz CT molecular complexity index is 1090. The number of methoxy groups -OCH3 is 1. The molecule has 0 saturated carbocycles. The van der Waals surface area contributed by atoms with Crippen molar-refractivity contribution in [2.45, 2.75) is 43.0 Å². The molecule has 1 atom stereocenters. The smallest absolute Gasteiger partial charge is 0.338 e. The first kappa shape index (κ1) is 25.4. The van der Waals surface area contributed by atoms with Gasteiger partial charge in [-0.1, -0.05) is 12.8 Å². The van der Waals surface area contributed by atoms with Crippen LogP contribution in [0.4, 0.5) is 0 Å². The molecule has 1 amide bonds. The van der Waals surface area contributed by atoms with Crippen molar-refractivity contribution < 1.29 is 35.9 Å². The zero-order valence-electron chi connectivity index (χ0n) is 18.9. The van der Waals surface area contributed by atoms with E-state index in [-0.39, 0.29) is 27.7 Å². The van der Waals surface area contributed by atoms with Gasteiger partial charge in [0.15, 0.2) is 16.4 Å². The molecule has 0 N–H and O–H groups in total. The van der Waals surface area contributed by atoms with Crippen LogP contribution in [0.3, 0.4) is 0 Å². The highest BCUT2D eigenvalue weighted by molar-refractivity contribution is 7.91. The number of amides is 1. The number of benzene rings is 1. The lowest BCUT2D eigenvalue weighted by Crippen LogP contribution is -2.40. The van der Waals surface area contributed by atoms with Crippen LogP contribution >= 0.6 is 0 Å². The summed E-state index contributed by atoms with van der Waals surface area (Å²) in [5.41, 5.74) is -0.0249. The molecule has 2 saturated heterocycles. The van der Waals surface area contributed by atoms with Gasteiger partial charge in [-0.2, -0.15) is 4.31 Å². The van der Waals surface area contributed by atoms with Gasteiger partial charge in [0.1, 0.15) is 10.6 Å². The Balaban J connectivity index is 1.71. The summed E-state index contributed by atoms with van der Waals surface area (Å²) in [6.45, 7) is 0.224. The molecule has 0 radical (unpaired) electrons. The average Bonchev–Trinajstić information content (AvgIpc) is 2.98. The first-order valence-corrected chi connectivity index (χ1v) is 14.1. The van der Waals surface area contributed by atoms with Gasteiger partial charge in [-0.25, -0.2) is 21.6 Å². The van der Waals surface area contributed by atoms with Gasteiger partial charge in [0.25, 0.3) is 5.91 Å². The topological polar surface area (TPSA) is 127 Å². The molecule has 3 rings (SSSR count). The third-order valence-electron chi connectivity index (χ3n) is 6.06. The van der Waals surface area contributed by atoms with E-state index in [1.807, 2.05) is 0 Å². The average molecular weight is 503 g/mol. The molecule has 2 aliphatic heterocycles. The van der Waals surface area contributed by atoms with Crippen molar-refractivity contribution in [3.63, 3.8) is 0 Å². The summed E-state index contributed by atoms with van der Waals surface area (Å²) in [6, 6.07) is 3.52. The van der Waals surface area contributed by atoms with E-state index in [2.05, 4.69) is 0 Å².